The average Bonchev–Trinajstić information content (AvgIpc) is 2.61. The molecule has 2 aromatic rings. The van der Waals surface area contributed by atoms with E-state index in [0.29, 0.717) is 6.54 Å². The van der Waals surface area contributed by atoms with E-state index in [-0.39, 0.29) is 11.9 Å². The van der Waals surface area contributed by atoms with Gasteiger partial charge in [-0.05, 0) is 37.1 Å². The van der Waals surface area contributed by atoms with Crippen molar-refractivity contribution in [3.05, 3.63) is 42.2 Å². The summed E-state index contributed by atoms with van der Waals surface area (Å²) in [5.74, 6) is 0.712. The van der Waals surface area contributed by atoms with Gasteiger partial charge in [0.05, 0.1) is 5.56 Å². The van der Waals surface area contributed by atoms with Crippen LogP contribution in [0.15, 0.2) is 36.7 Å². The molecule has 2 aromatic heterocycles. The Morgan fingerprint density at radius 3 is 2.71 bits per heavy atom. The summed E-state index contributed by atoms with van der Waals surface area (Å²) >= 11 is 0. The van der Waals surface area contributed by atoms with Gasteiger partial charge in [0, 0.05) is 38.6 Å². The number of anilines is 2. The molecule has 0 bridgehead atoms. The van der Waals surface area contributed by atoms with Gasteiger partial charge in [0.15, 0.2) is 5.82 Å². The van der Waals surface area contributed by atoms with E-state index in [9.17, 15) is 13.2 Å². The largest absolute Gasteiger partial charge is 0.419 e. The van der Waals surface area contributed by atoms with Crippen LogP contribution in [0.4, 0.5) is 24.8 Å². The minimum atomic E-state index is -4.42. The highest BCUT2D eigenvalue weighted by molar-refractivity contribution is 5.49. The minimum Gasteiger partial charge on any atom is -0.354 e. The molecule has 0 radical (unpaired) electrons. The van der Waals surface area contributed by atoms with E-state index in [4.69, 9.17) is 0 Å². The van der Waals surface area contributed by atoms with E-state index in [2.05, 4.69) is 15.2 Å². The summed E-state index contributed by atoms with van der Waals surface area (Å²) in [6.07, 6.45) is 0.253. The molecule has 0 spiro atoms. The molecule has 0 amide bonds. The number of nitrogens with zero attached hydrogens (tertiary/aromatic N) is 5. The predicted octanol–water partition coefficient (Wildman–Crippen LogP) is 3.00. The van der Waals surface area contributed by atoms with Crippen LogP contribution in [0.25, 0.3) is 0 Å². The smallest absolute Gasteiger partial charge is 0.354 e. The molecular formula is C16H18F3N5. The summed E-state index contributed by atoms with van der Waals surface area (Å²) in [7, 11) is 1.67. The lowest BCUT2D eigenvalue weighted by Gasteiger charge is -2.39. The maximum atomic E-state index is 13.2. The molecule has 0 saturated carbocycles. The van der Waals surface area contributed by atoms with E-state index in [1.807, 2.05) is 11.0 Å². The zero-order chi connectivity index (χ0) is 17.2. The fourth-order valence-electron chi connectivity index (χ4n) is 3.01. The van der Waals surface area contributed by atoms with Crippen LogP contribution in [0.5, 0.6) is 0 Å². The van der Waals surface area contributed by atoms with E-state index in [1.165, 1.54) is 12.3 Å². The Hall–Kier alpha value is -2.38. The Bertz CT molecular complexity index is 677. The zero-order valence-corrected chi connectivity index (χ0v) is 13.2. The highest BCUT2D eigenvalue weighted by Crippen LogP contribution is 2.36. The Balaban J connectivity index is 1.82. The quantitative estimate of drug-likeness (QED) is 0.862. The minimum absolute atomic E-state index is 0.0315. The Labute approximate surface area is 138 Å². The fraction of sp³-hybridized carbons (Fsp3) is 0.438. The van der Waals surface area contributed by atoms with Crippen molar-refractivity contribution in [2.75, 3.05) is 29.9 Å². The van der Waals surface area contributed by atoms with Gasteiger partial charge in [-0.3, -0.25) is 0 Å². The second-order valence-electron chi connectivity index (χ2n) is 5.81. The van der Waals surface area contributed by atoms with Crippen molar-refractivity contribution in [3.63, 3.8) is 0 Å². The topological polar surface area (TPSA) is 45.2 Å². The third kappa shape index (κ3) is 3.42. The molecule has 0 aromatic carbocycles. The lowest BCUT2D eigenvalue weighted by Crippen LogP contribution is -2.47. The number of alkyl halides is 3. The maximum Gasteiger partial charge on any atom is 0.419 e. The molecule has 1 fully saturated rings. The molecule has 1 aliphatic heterocycles. The molecule has 128 valence electrons. The summed E-state index contributed by atoms with van der Waals surface area (Å²) in [6, 6.07) is 5.97. The molecule has 3 heterocycles. The third-order valence-electron chi connectivity index (χ3n) is 4.25. The highest BCUT2D eigenvalue weighted by atomic mass is 19.4. The van der Waals surface area contributed by atoms with E-state index in [0.717, 1.165) is 31.3 Å². The molecule has 1 saturated heterocycles. The van der Waals surface area contributed by atoms with E-state index < -0.39 is 11.7 Å². The van der Waals surface area contributed by atoms with Crippen molar-refractivity contribution in [1.82, 2.24) is 15.2 Å². The monoisotopic (exact) mass is 337 g/mol. The average molecular weight is 337 g/mol. The van der Waals surface area contributed by atoms with Crippen molar-refractivity contribution in [1.29, 1.82) is 0 Å². The first-order chi connectivity index (χ1) is 11.5. The summed E-state index contributed by atoms with van der Waals surface area (Å²) in [5, 5.41) is 7.96. The summed E-state index contributed by atoms with van der Waals surface area (Å²) in [5.41, 5.74) is -0.705. The molecule has 24 heavy (non-hydrogen) atoms. The molecule has 1 aliphatic rings. The second kappa shape index (κ2) is 6.62. The van der Waals surface area contributed by atoms with E-state index >= 15 is 0 Å². The van der Waals surface area contributed by atoms with Crippen molar-refractivity contribution < 1.29 is 13.2 Å². The normalized spacial score (nSPS) is 18.5. The zero-order valence-electron chi connectivity index (χ0n) is 13.2. The van der Waals surface area contributed by atoms with Crippen molar-refractivity contribution in [2.45, 2.75) is 25.1 Å². The number of aromatic nitrogens is 3. The number of hydrogen-bond donors (Lipinski definition) is 0. The van der Waals surface area contributed by atoms with Crippen molar-refractivity contribution in [3.8, 4) is 0 Å². The van der Waals surface area contributed by atoms with Gasteiger partial charge in [-0.15, -0.1) is 5.10 Å². The van der Waals surface area contributed by atoms with Crippen LogP contribution in [0.1, 0.15) is 18.4 Å². The number of halogens is 3. The van der Waals surface area contributed by atoms with Gasteiger partial charge < -0.3 is 9.80 Å². The number of piperidine rings is 1. The number of rotatable bonds is 3. The first kappa shape index (κ1) is 16.5. The molecule has 8 heteroatoms. The Morgan fingerprint density at radius 1 is 1.21 bits per heavy atom. The lowest BCUT2D eigenvalue weighted by molar-refractivity contribution is -0.137. The van der Waals surface area contributed by atoms with E-state index in [1.54, 1.807) is 24.2 Å². The SMILES string of the molecule is CN(c1ncccc1C(F)(F)F)C1CCCN(c2cccnn2)C1. The van der Waals surface area contributed by atoms with Crippen LogP contribution in [0, 0.1) is 0 Å². The van der Waals surface area contributed by atoms with Gasteiger partial charge in [-0.2, -0.15) is 18.3 Å². The van der Waals surface area contributed by atoms with Crippen LogP contribution in [0.2, 0.25) is 0 Å². The first-order valence-electron chi connectivity index (χ1n) is 7.74. The van der Waals surface area contributed by atoms with Gasteiger partial charge in [-0.25, -0.2) is 4.98 Å². The lowest BCUT2D eigenvalue weighted by atomic mass is 10.0. The molecule has 3 rings (SSSR count). The molecule has 5 nitrogen and oxygen atoms in total. The summed E-state index contributed by atoms with van der Waals surface area (Å²) in [6.45, 7) is 1.40. The fourth-order valence-corrected chi connectivity index (χ4v) is 3.01. The van der Waals surface area contributed by atoms with Crippen molar-refractivity contribution in [2.24, 2.45) is 0 Å². The molecule has 1 atom stereocenters. The standard InChI is InChI=1S/C16H18F3N5/c1-23(15-13(16(17,18)19)6-2-8-20-15)12-5-4-10-24(11-12)14-7-3-9-21-22-14/h2-3,6-9,12H,4-5,10-11H2,1H3. The first-order valence-corrected chi connectivity index (χ1v) is 7.74. The van der Waals surface area contributed by atoms with Crippen LogP contribution in [-0.4, -0.2) is 41.4 Å². The molecule has 0 aliphatic carbocycles. The number of pyridine rings is 1. The predicted molar refractivity (Wildman–Crippen MR) is 84.9 cm³/mol. The van der Waals surface area contributed by atoms with Gasteiger partial charge >= 0.3 is 6.18 Å². The van der Waals surface area contributed by atoms with Crippen LogP contribution >= 0.6 is 0 Å². The second-order valence-corrected chi connectivity index (χ2v) is 5.81. The molecule has 1 unspecified atom stereocenters. The van der Waals surface area contributed by atoms with Crippen molar-refractivity contribution >= 4 is 11.6 Å². The summed E-state index contributed by atoms with van der Waals surface area (Å²) < 4.78 is 39.7. The highest BCUT2D eigenvalue weighted by Gasteiger charge is 2.36. The van der Waals surface area contributed by atoms with Gasteiger partial charge in [0.1, 0.15) is 5.82 Å². The van der Waals surface area contributed by atoms with Gasteiger partial charge in [0.2, 0.25) is 0 Å². The number of hydrogen-bond acceptors (Lipinski definition) is 5. The van der Waals surface area contributed by atoms with Gasteiger partial charge in [0.25, 0.3) is 0 Å². The van der Waals surface area contributed by atoms with Gasteiger partial charge in [-0.1, -0.05) is 0 Å². The molecule has 0 N–H and O–H groups in total. The Kier molecular flexibility index (Phi) is 4.55. The van der Waals surface area contributed by atoms with Crippen LogP contribution in [0.3, 0.4) is 0 Å². The molecular weight excluding hydrogens is 319 g/mol. The van der Waals surface area contributed by atoms with Crippen LogP contribution < -0.4 is 9.80 Å². The summed E-state index contributed by atoms with van der Waals surface area (Å²) in [4.78, 5) is 7.66. The maximum absolute atomic E-state index is 13.2. The Morgan fingerprint density at radius 2 is 2.00 bits per heavy atom. The number of likely N-dealkylation sites (N-methyl/N-ethyl adjacent to an activating group) is 1. The van der Waals surface area contributed by atoms with Crippen LogP contribution in [-0.2, 0) is 6.18 Å². The third-order valence-corrected chi connectivity index (χ3v) is 4.25.